The molecule has 434 valence electrons. The Bertz CT molecular complexity index is 1090. The molecular weight excluding hydrogens is 901 g/mol. The number of carbonyl (C=O) groups is 3. The van der Waals surface area contributed by atoms with Gasteiger partial charge >= 0.3 is 17.9 Å². The van der Waals surface area contributed by atoms with Gasteiger partial charge in [0.25, 0.3) is 0 Å². The average molecular weight is 1030 g/mol. The highest BCUT2D eigenvalue weighted by molar-refractivity contribution is 5.71. The molecule has 0 radical (unpaired) electrons. The molecule has 1 unspecified atom stereocenters. The van der Waals surface area contributed by atoms with Gasteiger partial charge in [-0.1, -0.05) is 355 Å². The lowest BCUT2D eigenvalue weighted by Gasteiger charge is -2.18. The minimum atomic E-state index is -0.762. The van der Waals surface area contributed by atoms with Gasteiger partial charge in [0.15, 0.2) is 6.10 Å². The maximum Gasteiger partial charge on any atom is 0.306 e. The maximum atomic E-state index is 12.9. The quantitative estimate of drug-likeness (QED) is 0.0343. The minimum absolute atomic E-state index is 0.0605. The Balaban J connectivity index is 4.16. The molecule has 6 nitrogen and oxygen atoms in total. The summed E-state index contributed by atoms with van der Waals surface area (Å²) in [6.07, 6.45) is 72.7. The number of esters is 3. The van der Waals surface area contributed by atoms with Gasteiger partial charge in [0.2, 0.25) is 0 Å². The normalized spacial score (nSPS) is 11.9. The van der Waals surface area contributed by atoms with Crippen molar-refractivity contribution in [1.29, 1.82) is 0 Å². The van der Waals surface area contributed by atoms with Crippen molar-refractivity contribution in [2.24, 2.45) is 0 Å². The van der Waals surface area contributed by atoms with Gasteiger partial charge in [-0.05, 0) is 19.3 Å². The van der Waals surface area contributed by atoms with Crippen LogP contribution in [0.25, 0.3) is 0 Å². The molecule has 0 heterocycles. The molecule has 0 aromatic rings. The lowest BCUT2D eigenvalue weighted by Crippen LogP contribution is -2.30. The number of ether oxygens (including phenoxy) is 3. The minimum Gasteiger partial charge on any atom is -0.462 e. The summed E-state index contributed by atoms with van der Waals surface area (Å²) in [6.45, 7) is 6.73. The van der Waals surface area contributed by atoms with Crippen LogP contribution in [0, 0.1) is 0 Å². The average Bonchev–Trinajstić information content (AvgIpc) is 3.39. The fourth-order valence-electron chi connectivity index (χ4n) is 10.6. The van der Waals surface area contributed by atoms with E-state index in [4.69, 9.17) is 14.2 Å². The lowest BCUT2D eigenvalue weighted by molar-refractivity contribution is -0.167. The first-order chi connectivity index (χ1) is 36.0. The number of hydrogen-bond acceptors (Lipinski definition) is 6. The van der Waals surface area contributed by atoms with Crippen LogP contribution >= 0.6 is 0 Å². The van der Waals surface area contributed by atoms with E-state index in [1.54, 1.807) is 0 Å². The molecule has 0 aliphatic rings. The highest BCUT2D eigenvalue weighted by Gasteiger charge is 2.19. The number of unbranched alkanes of at least 4 members (excludes halogenated alkanes) is 52. The van der Waals surface area contributed by atoms with E-state index in [1.807, 2.05) is 0 Å². The SMILES string of the molecule is CCCCCCCCCCCCCCCCCCCCCCCCCCCCC(=O)OCC(COC(=O)CCCCCCCCCCCCCCCC)OC(=O)CCCCCCCCCCCCCCCCC. The van der Waals surface area contributed by atoms with E-state index >= 15 is 0 Å². The maximum absolute atomic E-state index is 12.9. The topological polar surface area (TPSA) is 78.9 Å². The summed E-state index contributed by atoms with van der Waals surface area (Å²) in [5.41, 5.74) is 0. The summed E-state index contributed by atoms with van der Waals surface area (Å²) < 4.78 is 17.0. The van der Waals surface area contributed by atoms with Gasteiger partial charge < -0.3 is 14.2 Å². The predicted octanol–water partition coefficient (Wildman–Crippen LogP) is 22.7. The molecule has 0 fully saturated rings. The first-order valence-electron chi connectivity index (χ1n) is 33.5. The number of rotatable bonds is 63. The third-order valence-corrected chi connectivity index (χ3v) is 15.6. The van der Waals surface area contributed by atoms with Crippen LogP contribution in [-0.2, 0) is 28.6 Å². The molecule has 0 spiro atoms. The molecule has 1 atom stereocenters. The second-order valence-electron chi connectivity index (χ2n) is 23.1. The fourth-order valence-corrected chi connectivity index (χ4v) is 10.6. The van der Waals surface area contributed by atoms with E-state index in [9.17, 15) is 14.4 Å². The lowest BCUT2D eigenvalue weighted by atomic mass is 10.0. The first kappa shape index (κ1) is 71.4. The molecule has 0 saturated heterocycles. The Morgan fingerprint density at radius 2 is 0.370 bits per heavy atom. The molecule has 0 aromatic heterocycles. The molecule has 0 bridgehead atoms. The van der Waals surface area contributed by atoms with Crippen LogP contribution in [0.5, 0.6) is 0 Å². The van der Waals surface area contributed by atoms with Crippen molar-refractivity contribution in [2.45, 2.75) is 399 Å². The largest absolute Gasteiger partial charge is 0.462 e. The van der Waals surface area contributed by atoms with Crippen molar-refractivity contribution >= 4 is 17.9 Å². The van der Waals surface area contributed by atoms with Gasteiger partial charge in [-0.3, -0.25) is 14.4 Å². The van der Waals surface area contributed by atoms with Crippen molar-refractivity contribution in [3.63, 3.8) is 0 Å². The highest BCUT2D eigenvalue weighted by atomic mass is 16.6. The summed E-state index contributed by atoms with van der Waals surface area (Å²) >= 11 is 0. The zero-order chi connectivity index (χ0) is 52.9. The number of hydrogen-bond donors (Lipinski definition) is 0. The second kappa shape index (κ2) is 62.9. The molecule has 0 aromatic carbocycles. The molecule has 0 aliphatic heterocycles. The van der Waals surface area contributed by atoms with Crippen LogP contribution in [0.4, 0.5) is 0 Å². The van der Waals surface area contributed by atoms with Crippen LogP contribution in [-0.4, -0.2) is 37.2 Å². The summed E-state index contributed by atoms with van der Waals surface area (Å²) in [6, 6.07) is 0. The summed E-state index contributed by atoms with van der Waals surface area (Å²) in [4.78, 5) is 38.3. The highest BCUT2D eigenvalue weighted by Crippen LogP contribution is 2.19. The van der Waals surface area contributed by atoms with Crippen molar-refractivity contribution < 1.29 is 28.6 Å². The van der Waals surface area contributed by atoms with Gasteiger partial charge in [-0.25, -0.2) is 0 Å². The molecule has 0 aliphatic carbocycles. The van der Waals surface area contributed by atoms with Crippen molar-refractivity contribution in [3.8, 4) is 0 Å². The van der Waals surface area contributed by atoms with E-state index in [-0.39, 0.29) is 31.1 Å². The summed E-state index contributed by atoms with van der Waals surface area (Å²) in [5, 5.41) is 0. The van der Waals surface area contributed by atoms with E-state index < -0.39 is 6.10 Å². The molecule has 0 rings (SSSR count). The molecule has 0 amide bonds. The Kier molecular flexibility index (Phi) is 61.6. The van der Waals surface area contributed by atoms with Crippen LogP contribution < -0.4 is 0 Å². The summed E-state index contributed by atoms with van der Waals surface area (Å²) in [7, 11) is 0. The molecule has 0 N–H and O–H groups in total. The number of carbonyl (C=O) groups excluding carboxylic acids is 3. The van der Waals surface area contributed by atoms with Gasteiger partial charge in [-0.15, -0.1) is 0 Å². The molecule has 6 heteroatoms. The standard InChI is InChI=1S/C67H130O6/c1-4-7-10-13-16-19-22-25-28-29-30-31-32-33-34-35-36-37-38-40-42-45-48-51-54-57-60-66(69)72-63-64(62-71-65(68)59-56-53-50-47-44-41-27-24-21-18-15-12-9-6-3)73-67(70)61-58-55-52-49-46-43-39-26-23-20-17-14-11-8-5-2/h64H,4-63H2,1-3H3. The molecule has 73 heavy (non-hydrogen) atoms. The van der Waals surface area contributed by atoms with Gasteiger partial charge in [-0.2, -0.15) is 0 Å². The fraction of sp³-hybridized carbons (Fsp3) is 0.955. The Morgan fingerprint density at radius 1 is 0.219 bits per heavy atom. The van der Waals surface area contributed by atoms with Crippen LogP contribution in [0.3, 0.4) is 0 Å². The second-order valence-corrected chi connectivity index (χ2v) is 23.1. The third-order valence-electron chi connectivity index (χ3n) is 15.6. The smallest absolute Gasteiger partial charge is 0.306 e. The Morgan fingerprint density at radius 3 is 0.548 bits per heavy atom. The zero-order valence-corrected chi connectivity index (χ0v) is 50.0. The van der Waals surface area contributed by atoms with Crippen molar-refractivity contribution in [2.75, 3.05) is 13.2 Å². The van der Waals surface area contributed by atoms with E-state index in [0.29, 0.717) is 19.3 Å². The van der Waals surface area contributed by atoms with E-state index in [1.165, 1.54) is 295 Å². The van der Waals surface area contributed by atoms with Crippen molar-refractivity contribution in [1.82, 2.24) is 0 Å². The van der Waals surface area contributed by atoms with Gasteiger partial charge in [0.05, 0.1) is 0 Å². The van der Waals surface area contributed by atoms with Crippen molar-refractivity contribution in [3.05, 3.63) is 0 Å². The van der Waals surface area contributed by atoms with Crippen LogP contribution in [0.1, 0.15) is 393 Å². The zero-order valence-electron chi connectivity index (χ0n) is 50.0. The van der Waals surface area contributed by atoms with Gasteiger partial charge in [0.1, 0.15) is 13.2 Å². The third kappa shape index (κ3) is 61.1. The van der Waals surface area contributed by atoms with Gasteiger partial charge in [0, 0.05) is 19.3 Å². The first-order valence-corrected chi connectivity index (χ1v) is 33.5. The van der Waals surface area contributed by atoms with E-state index in [2.05, 4.69) is 20.8 Å². The molecule has 0 saturated carbocycles. The monoisotopic (exact) mass is 1030 g/mol. The van der Waals surface area contributed by atoms with E-state index in [0.717, 1.165) is 57.8 Å². The Labute approximate surface area is 457 Å². The summed E-state index contributed by atoms with van der Waals surface area (Å²) in [5.74, 6) is -0.824. The van der Waals surface area contributed by atoms with Crippen LogP contribution in [0.15, 0.2) is 0 Å². The predicted molar refractivity (Wildman–Crippen MR) is 317 cm³/mol. The van der Waals surface area contributed by atoms with Crippen LogP contribution in [0.2, 0.25) is 0 Å². The molecular formula is C67H130O6. The Hall–Kier alpha value is -1.59.